The number of hydrogen-bond donors (Lipinski definition) is 2. The Morgan fingerprint density at radius 3 is 2.62 bits per heavy atom. The fourth-order valence-electron chi connectivity index (χ4n) is 1.91. The van der Waals surface area contributed by atoms with Crippen molar-refractivity contribution >= 4 is 11.6 Å². The van der Waals surface area contributed by atoms with Crippen molar-refractivity contribution in [2.45, 2.75) is 19.0 Å². The normalized spacial score (nSPS) is 23.9. The molecule has 2 N–H and O–H groups in total. The monoisotopic (exact) mass is 237 g/mol. The van der Waals surface area contributed by atoms with Crippen molar-refractivity contribution in [2.75, 3.05) is 6.61 Å². The summed E-state index contributed by atoms with van der Waals surface area (Å²) in [5.74, 6) is 0.322. The van der Waals surface area contributed by atoms with Gasteiger partial charge in [-0.2, -0.15) is 0 Å². The molecule has 1 aliphatic carbocycles. The topological polar surface area (TPSA) is 32.3 Å². The quantitative estimate of drug-likeness (QED) is 0.788. The highest BCUT2D eigenvalue weighted by Crippen LogP contribution is 2.17. The summed E-state index contributed by atoms with van der Waals surface area (Å²) in [5.41, 5.74) is 1.23. The molecule has 86 valence electrons. The Labute approximate surface area is 101 Å². The summed E-state index contributed by atoms with van der Waals surface area (Å²) in [6.07, 6.45) is 5.21. The Kier molecular flexibility index (Phi) is 3.99. The fraction of sp³-hybridized carbons (Fsp3) is 0.385. The number of aliphatic hydroxyl groups is 1. The first-order valence-electron chi connectivity index (χ1n) is 5.55. The number of rotatable bonds is 4. The van der Waals surface area contributed by atoms with Gasteiger partial charge in [0, 0.05) is 30.1 Å². The van der Waals surface area contributed by atoms with E-state index in [-0.39, 0.29) is 6.61 Å². The van der Waals surface area contributed by atoms with Crippen LogP contribution in [0.4, 0.5) is 0 Å². The van der Waals surface area contributed by atoms with Crippen LogP contribution in [-0.4, -0.2) is 17.8 Å². The van der Waals surface area contributed by atoms with Gasteiger partial charge >= 0.3 is 0 Å². The van der Waals surface area contributed by atoms with Gasteiger partial charge in [-0.25, -0.2) is 0 Å². The molecule has 0 aliphatic heterocycles. The largest absolute Gasteiger partial charge is 0.396 e. The van der Waals surface area contributed by atoms with Crippen LogP contribution in [0.3, 0.4) is 0 Å². The summed E-state index contributed by atoms with van der Waals surface area (Å²) < 4.78 is 0. The molecule has 0 saturated carbocycles. The highest BCUT2D eigenvalue weighted by atomic mass is 35.5. The molecular formula is C13H16ClNO. The maximum absolute atomic E-state index is 9.01. The van der Waals surface area contributed by atoms with Crippen molar-refractivity contribution in [2.24, 2.45) is 5.92 Å². The zero-order chi connectivity index (χ0) is 11.4. The molecule has 0 aromatic heterocycles. The maximum atomic E-state index is 9.01. The first-order chi connectivity index (χ1) is 7.78. The Morgan fingerprint density at radius 1 is 1.25 bits per heavy atom. The summed E-state index contributed by atoms with van der Waals surface area (Å²) in [6.45, 7) is 1.08. The molecule has 0 spiro atoms. The molecular weight excluding hydrogens is 222 g/mol. The van der Waals surface area contributed by atoms with Crippen molar-refractivity contribution in [1.82, 2.24) is 5.32 Å². The molecule has 1 aromatic carbocycles. The first-order valence-corrected chi connectivity index (χ1v) is 5.93. The molecule has 16 heavy (non-hydrogen) atoms. The molecule has 2 nitrogen and oxygen atoms in total. The van der Waals surface area contributed by atoms with E-state index >= 15 is 0 Å². The van der Waals surface area contributed by atoms with E-state index in [1.165, 1.54) is 5.56 Å². The molecule has 0 bridgehead atoms. The molecule has 1 aromatic rings. The number of hydrogen-bond acceptors (Lipinski definition) is 2. The van der Waals surface area contributed by atoms with E-state index in [0.717, 1.165) is 18.0 Å². The third-order valence-electron chi connectivity index (χ3n) is 2.89. The second-order valence-electron chi connectivity index (χ2n) is 4.18. The van der Waals surface area contributed by atoms with Gasteiger partial charge in [0.15, 0.2) is 0 Å². The summed E-state index contributed by atoms with van der Waals surface area (Å²) >= 11 is 5.82. The fourth-order valence-corrected chi connectivity index (χ4v) is 2.04. The summed E-state index contributed by atoms with van der Waals surface area (Å²) in [7, 11) is 0. The van der Waals surface area contributed by atoms with Crippen molar-refractivity contribution in [3.63, 3.8) is 0 Å². The van der Waals surface area contributed by atoms with Crippen LogP contribution in [0.25, 0.3) is 0 Å². The molecule has 0 heterocycles. The van der Waals surface area contributed by atoms with Gasteiger partial charge in [0.25, 0.3) is 0 Å². The van der Waals surface area contributed by atoms with Gasteiger partial charge in [-0.15, -0.1) is 0 Å². The minimum atomic E-state index is 0.246. The average molecular weight is 238 g/mol. The minimum absolute atomic E-state index is 0.246. The number of nitrogens with one attached hydrogen (secondary N) is 1. The molecule has 0 unspecified atom stereocenters. The number of halogens is 1. The van der Waals surface area contributed by atoms with E-state index in [0.29, 0.717) is 12.0 Å². The molecule has 0 fully saturated rings. The van der Waals surface area contributed by atoms with Gasteiger partial charge in [0.2, 0.25) is 0 Å². The van der Waals surface area contributed by atoms with Crippen molar-refractivity contribution in [3.05, 3.63) is 47.0 Å². The Balaban J connectivity index is 1.80. The molecule has 3 heteroatoms. The van der Waals surface area contributed by atoms with Crippen LogP contribution < -0.4 is 5.32 Å². The van der Waals surface area contributed by atoms with Gasteiger partial charge in [-0.05, 0) is 24.1 Å². The standard InChI is InChI=1S/C13H16ClNO/c14-12-4-1-10(2-5-12)8-15-13-6-3-11(7-13)9-16/h1-6,11,13,15-16H,7-9H2/t11-,13+/m0/s1. The predicted molar refractivity (Wildman–Crippen MR) is 66.4 cm³/mol. The van der Waals surface area contributed by atoms with E-state index < -0.39 is 0 Å². The van der Waals surface area contributed by atoms with Crippen molar-refractivity contribution < 1.29 is 5.11 Å². The SMILES string of the molecule is OC[C@H]1C=C[C@@H](NCc2ccc(Cl)cc2)C1. The van der Waals surface area contributed by atoms with Gasteiger partial charge in [-0.3, -0.25) is 0 Å². The molecule has 1 aliphatic rings. The molecule has 2 atom stereocenters. The van der Waals surface area contributed by atoms with E-state index in [9.17, 15) is 0 Å². The van der Waals surface area contributed by atoms with E-state index in [2.05, 4.69) is 17.5 Å². The van der Waals surface area contributed by atoms with Gasteiger partial charge in [0.1, 0.15) is 0 Å². The third kappa shape index (κ3) is 3.08. The number of benzene rings is 1. The zero-order valence-electron chi connectivity index (χ0n) is 9.07. The van der Waals surface area contributed by atoms with Crippen molar-refractivity contribution in [1.29, 1.82) is 0 Å². The second-order valence-corrected chi connectivity index (χ2v) is 4.61. The van der Waals surface area contributed by atoms with Crippen LogP contribution in [0.15, 0.2) is 36.4 Å². The van der Waals surface area contributed by atoms with E-state index in [4.69, 9.17) is 16.7 Å². The Hall–Kier alpha value is -0.830. The highest BCUT2D eigenvalue weighted by molar-refractivity contribution is 6.30. The Morgan fingerprint density at radius 2 is 2.00 bits per heavy atom. The summed E-state index contributed by atoms with van der Waals surface area (Å²) in [4.78, 5) is 0. The first kappa shape index (κ1) is 11.6. The average Bonchev–Trinajstić information content (AvgIpc) is 2.76. The minimum Gasteiger partial charge on any atom is -0.396 e. The van der Waals surface area contributed by atoms with Crippen molar-refractivity contribution in [3.8, 4) is 0 Å². The lowest BCUT2D eigenvalue weighted by molar-refractivity contribution is 0.246. The molecule has 0 radical (unpaired) electrons. The predicted octanol–water partition coefficient (Wildman–Crippen LogP) is 2.37. The van der Waals surface area contributed by atoms with Gasteiger partial charge < -0.3 is 10.4 Å². The lowest BCUT2D eigenvalue weighted by atomic mass is 10.1. The third-order valence-corrected chi connectivity index (χ3v) is 3.14. The zero-order valence-corrected chi connectivity index (χ0v) is 9.82. The van der Waals surface area contributed by atoms with E-state index in [1.807, 2.05) is 24.3 Å². The summed E-state index contributed by atoms with van der Waals surface area (Å²) in [6, 6.07) is 8.24. The van der Waals surface area contributed by atoms with Crippen LogP contribution in [0.2, 0.25) is 5.02 Å². The van der Waals surface area contributed by atoms with Crippen LogP contribution >= 0.6 is 11.6 Å². The van der Waals surface area contributed by atoms with Crippen LogP contribution in [0.1, 0.15) is 12.0 Å². The molecule has 0 saturated heterocycles. The maximum Gasteiger partial charge on any atom is 0.0494 e. The van der Waals surface area contributed by atoms with E-state index in [1.54, 1.807) is 0 Å². The smallest absolute Gasteiger partial charge is 0.0494 e. The van der Waals surface area contributed by atoms with Gasteiger partial charge in [-0.1, -0.05) is 35.9 Å². The lowest BCUT2D eigenvalue weighted by Crippen LogP contribution is -2.26. The number of aliphatic hydroxyl groups excluding tert-OH is 1. The Bertz CT molecular complexity index is 361. The summed E-state index contributed by atoms with van der Waals surface area (Å²) in [5, 5.41) is 13.2. The molecule has 2 rings (SSSR count). The van der Waals surface area contributed by atoms with Gasteiger partial charge in [0.05, 0.1) is 0 Å². The second kappa shape index (κ2) is 5.48. The molecule has 0 amide bonds. The van der Waals surface area contributed by atoms with Crippen LogP contribution in [0, 0.1) is 5.92 Å². The van der Waals surface area contributed by atoms with Crippen LogP contribution in [-0.2, 0) is 6.54 Å². The highest BCUT2D eigenvalue weighted by Gasteiger charge is 2.16. The van der Waals surface area contributed by atoms with Crippen LogP contribution in [0.5, 0.6) is 0 Å². The lowest BCUT2D eigenvalue weighted by Gasteiger charge is -2.12.